The number of likely N-dealkylation sites (N-methyl/N-ethyl adjacent to an activating group) is 1. The molecule has 0 aliphatic heterocycles. The second-order valence-corrected chi connectivity index (χ2v) is 7.23. The summed E-state index contributed by atoms with van der Waals surface area (Å²) < 4.78 is 32.1. The van der Waals surface area contributed by atoms with E-state index in [9.17, 15) is 13.2 Å². The number of nitrogens with zero attached hydrogens (tertiary/aromatic N) is 1. The molecule has 2 aromatic rings. The lowest BCUT2D eigenvalue weighted by Gasteiger charge is -2.17. The summed E-state index contributed by atoms with van der Waals surface area (Å²) in [5, 5.41) is 0. The second kappa shape index (κ2) is 8.64. The van der Waals surface area contributed by atoms with Crippen molar-refractivity contribution >= 4 is 15.9 Å². The van der Waals surface area contributed by atoms with Crippen LogP contribution in [0.4, 0.5) is 0 Å². The zero-order valence-corrected chi connectivity index (χ0v) is 15.1. The molecule has 2 rings (SSSR count). The van der Waals surface area contributed by atoms with Gasteiger partial charge in [0.15, 0.2) is 0 Å². The predicted molar refractivity (Wildman–Crippen MR) is 95.7 cm³/mol. The first-order chi connectivity index (χ1) is 11.9. The Morgan fingerprint density at radius 3 is 2.32 bits per heavy atom. The van der Waals surface area contributed by atoms with Crippen LogP contribution in [0.3, 0.4) is 0 Å². The molecule has 2 aromatic carbocycles. The van der Waals surface area contributed by atoms with Crippen molar-refractivity contribution in [3.05, 3.63) is 60.2 Å². The molecule has 0 aromatic heterocycles. The Morgan fingerprint density at radius 2 is 1.72 bits per heavy atom. The summed E-state index contributed by atoms with van der Waals surface area (Å²) in [6, 6.07) is 15.6. The third kappa shape index (κ3) is 5.58. The van der Waals surface area contributed by atoms with Gasteiger partial charge in [-0.2, -0.15) is 0 Å². The molecular weight excluding hydrogens is 340 g/mol. The van der Waals surface area contributed by atoms with Crippen molar-refractivity contribution in [2.45, 2.75) is 18.4 Å². The fourth-order valence-electron chi connectivity index (χ4n) is 2.20. The molecule has 0 bridgehead atoms. The highest BCUT2D eigenvalue weighted by Gasteiger charge is 2.17. The molecule has 7 heteroatoms. The largest absolute Gasteiger partial charge is 0.494 e. The molecule has 25 heavy (non-hydrogen) atoms. The number of ether oxygens (including phenoxy) is 1. The third-order valence-electron chi connectivity index (χ3n) is 3.55. The van der Waals surface area contributed by atoms with Crippen molar-refractivity contribution in [1.82, 2.24) is 9.62 Å². The van der Waals surface area contributed by atoms with Crippen LogP contribution < -0.4 is 9.46 Å². The molecule has 0 fully saturated rings. The van der Waals surface area contributed by atoms with Crippen LogP contribution in [0.2, 0.25) is 0 Å². The van der Waals surface area contributed by atoms with Crippen molar-refractivity contribution in [3.8, 4) is 5.75 Å². The summed E-state index contributed by atoms with van der Waals surface area (Å²) in [6.07, 6.45) is 0. The van der Waals surface area contributed by atoms with Gasteiger partial charge in [0.1, 0.15) is 5.75 Å². The minimum Gasteiger partial charge on any atom is -0.494 e. The SMILES string of the molecule is CCOc1ccc(S(=O)(=O)NCC(=O)N(C)Cc2ccccc2)cc1. The highest BCUT2D eigenvalue weighted by Crippen LogP contribution is 2.15. The first-order valence-corrected chi connectivity index (χ1v) is 9.41. The van der Waals surface area contributed by atoms with Gasteiger partial charge in [-0.1, -0.05) is 30.3 Å². The quantitative estimate of drug-likeness (QED) is 0.780. The van der Waals surface area contributed by atoms with E-state index >= 15 is 0 Å². The maximum atomic E-state index is 12.3. The molecule has 1 amide bonds. The predicted octanol–water partition coefficient (Wildman–Crippen LogP) is 2.02. The average molecular weight is 362 g/mol. The minimum absolute atomic E-state index is 0.0921. The van der Waals surface area contributed by atoms with E-state index in [4.69, 9.17) is 4.74 Å². The molecule has 0 radical (unpaired) electrons. The summed E-state index contributed by atoms with van der Waals surface area (Å²) in [5.41, 5.74) is 0.979. The average Bonchev–Trinajstić information content (AvgIpc) is 2.61. The van der Waals surface area contributed by atoms with Crippen LogP contribution in [0.25, 0.3) is 0 Å². The molecule has 0 heterocycles. The lowest BCUT2D eigenvalue weighted by molar-refractivity contribution is -0.129. The Kier molecular flexibility index (Phi) is 6.55. The van der Waals surface area contributed by atoms with Crippen molar-refractivity contribution in [2.75, 3.05) is 20.2 Å². The van der Waals surface area contributed by atoms with Gasteiger partial charge in [0.25, 0.3) is 0 Å². The van der Waals surface area contributed by atoms with Gasteiger partial charge in [0.05, 0.1) is 18.0 Å². The van der Waals surface area contributed by atoms with Crippen LogP contribution in [0.5, 0.6) is 5.75 Å². The van der Waals surface area contributed by atoms with Crippen molar-refractivity contribution in [2.24, 2.45) is 0 Å². The van der Waals surface area contributed by atoms with Gasteiger partial charge < -0.3 is 9.64 Å². The molecule has 1 N–H and O–H groups in total. The van der Waals surface area contributed by atoms with Crippen LogP contribution in [-0.2, 0) is 21.4 Å². The Labute approximate surface area is 148 Å². The normalized spacial score (nSPS) is 11.1. The van der Waals surface area contributed by atoms with E-state index in [2.05, 4.69) is 4.72 Å². The Hall–Kier alpha value is -2.38. The van der Waals surface area contributed by atoms with Crippen LogP contribution in [-0.4, -0.2) is 39.4 Å². The number of hydrogen-bond donors (Lipinski definition) is 1. The minimum atomic E-state index is -3.75. The van der Waals surface area contributed by atoms with E-state index in [1.54, 1.807) is 19.2 Å². The van der Waals surface area contributed by atoms with E-state index < -0.39 is 10.0 Å². The van der Waals surface area contributed by atoms with Gasteiger partial charge in [-0.05, 0) is 36.8 Å². The Bertz CT molecular complexity index is 790. The molecule has 0 aliphatic rings. The number of amides is 1. The molecular formula is C18H22N2O4S. The number of carbonyl (C=O) groups is 1. The van der Waals surface area contributed by atoms with E-state index in [-0.39, 0.29) is 17.3 Å². The number of carbonyl (C=O) groups excluding carboxylic acids is 1. The lowest BCUT2D eigenvalue weighted by atomic mass is 10.2. The zero-order valence-electron chi connectivity index (χ0n) is 14.3. The molecule has 0 saturated carbocycles. The van der Waals surface area contributed by atoms with Gasteiger partial charge in [0, 0.05) is 13.6 Å². The molecule has 0 atom stereocenters. The van der Waals surface area contributed by atoms with Crippen LogP contribution in [0.1, 0.15) is 12.5 Å². The number of rotatable bonds is 8. The Balaban J connectivity index is 1.93. The fourth-order valence-corrected chi connectivity index (χ4v) is 3.18. The van der Waals surface area contributed by atoms with Crippen LogP contribution >= 0.6 is 0 Å². The van der Waals surface area contributed by atoms with Gasteiger partial charge >= 0.3 is 0 Å². The Morgan fingerprint density at radius 1 is 1.08 bits per heavy atom. The monoisotopic (exact) mass is 362 g/mol. The maximum absolute atomic E-state index is 12.3. The number of sulfonamides is 1. The van der Waals surface area contributed by atoms with E-state index in [1.807, 2.05) is 37.3 Å². The molecule has 0 unspecified atom stereocenters. The van der Waals surface area contributed by atoms with E-state index in [0.29, 0.717) is 18.9 Å². The molecule has 134 valence electrons. The summed E-state index contributed by atoms with van der Waals surface area (Å²) >= 11 is 0. The number of nitrogens with one attached hydrogen (secondary N) is 1. The van der Waals surface area contributed by atoms with Gasteiger partial charge in [-0.3, -0.25) is 4.79 Å². The lowest BCUT2D eigenvalue weighted by Crippen LogP contribution is -2.37. The first-order valence-electron chi connectivity index (χ1n) is 7.93. The first kappa shape index (κ1) is 19.0. The van der Waals surface area contributed by atoms with E-state index in [1.165, 1.54) is 17.0 Å². The molecule has 6 nitrogen and oxygen atoms in total. The zero-order chi connectivity index (χ0) is 18.3. The fraction of sp³-hybridized carbons (Fsp3) is 0.278. The van der Waals surface area contributed by atoms with Crippen molar-refractivity contribution in [3.63, 3.8) is 0 Å². The summed E-state index contributed by atoms with van der Waals surface area (Å²) in [5.74, 6) is 0.290. The molecule has 0 spiro atoms. The maximum Gasteiger partial charge on any atom is 0.241 e. The molecule has 0 aliphatic carbocycles. The van der Waals surface area contributed by atoms with Crippen LogP contribution in [0, 0.1) is 0 Å². The smallest absolute Gasteiger partial charge is 0.241 e. The number of benzene rings is 2. The van der Waals surface area contributed by atoms with Gasteiger partial charge in [0.2, 0.25) is 15.9 Å². The summed E-state index contributed by atoms with van der Waals surface area (Å²) in [7, 11) is -2.11. The highest BCUT2D eigenvalue weighted by atomic mass is 32.2. The van der Waals surface area contributed by atoms with E-state index in [0.717, 1.165) is 5.56 Å². The van der Waals surface area contributed by atoms with Crippen molar-refractivity contribution < 1.29 is 17.9 Å². The standard InChI is InChI=1S/C18H22N2O4S/c1-3-24-16-9-11-17(12-10-16)25(22,23)19-13-18(21)20(2)14-15-7-5-4-6-8-15/h4-12,19H,3,13-14H2,1-2H3. The molecule has 0 saturated heterocycles. The van der Waals surface area contributed by atoms with Crippen LogP contribution in [0.15, 0.2) is 59.5 Å². The van der Waals surface area contributed by atoms with Gasteiger partial charge in [-0.25, -0.2) is 13.1 Å². The number of hydrogen-bond acceptors (Lipinski definition) is 4. The van der Waals surface area contributed by atoms with Crippen molar-refractivity contribution in [1.29, 1.82) is 0 Å². The highest BCUT2D eigenvalue weighted by molar-refractivity contribution is 7.89. The topological polar surface area (TPSA) is 75.7 Å². The second-order valence-electron chi connectivity index (χ2n) is 5.46. The third-order valence-corrected chi connectivity index (χ3v) is 4.96. The van der Waals surface area contributed by atoms with Gasteiger partial charge in [-0.15, -0.1) is 0 Å². The summed E-state index contributed by atoms with van der Waals surface area (Å²) in [4.78, 5) is 13.7. The summed E-state index contributed by atoms with van der Waals surface area (Å²) in [6.45, 7) is 2.49.